The fourth-order valence-electron chi connectivity index (χ4n) is 1.77. The first-order valence-electron chi connectivity index (χ1n) is 6.15. The van der Waals surface area contributed by atoms with Gasteiger partial charge in [-0.3, -0.25) is 10.1 Å². The van der Waals surface area contributed by atoms with Crippen LogP contribution in [0.25, 0.3) is 0 Å². The standard InChI is InChI=1S/C13H9F3N2O4S2/c14-13(15,16)8-2-1-3-9(6-8)23-12-5-4-10(24(17,21)22)7-11(12)18(19)20/h1-7H,(H2,17,21,22). The van der Waals surface area contributed by atoms with Gasteiger partial charge in [-0.2, -0.15) is 13.2 Å². The van der Waals surface area contributed by atoms with E-state index in [1.807, 2.05) is 0 Å². The summed E-state index contributed by atoms with van der Waals surface area (Å²) in [6.45, 7) is 0. The molecule has 0 fully saturated rings. The number of rotatable bonds is 4. The molecule has 0 heterocycles. The van der Waals surface area contributed by atoms with E-state index in [0.717, 1.165) is 30.3 Å². The van der Waals surface area contributed by atoms with Gasteiger partial charge in [-0.15, -0.1) is 0 Å². The molecule has 0 unspecified atom stereocenters. The highest BCUT2D eigenvalue weighted by Crippen LogP contribution is 2.38. The van der Waals surface area contributed by atoms with Crippen LogP contribution in [-0.2, 0) is 16.2 Å². The van der Waals surface area contributed by atoms with Gasteiger partial charge in [0.15, 0.2) is 0 Å². The fraction of sp³-hybridized carbons (Fsp3) is 0.0769. The highest BCUT2D eigenvalue weighted by molar-refractivity contribution is 7.99. The number of nitrogens with zero attached hydrogens (tertiary/aromatic N) is 1. The zero-order valence-electron chi connectivity index (χ0n) is 11.6. The summed E-state index contributed by atoms with van der Waals surface area (Å²) in [4.78, 5) is 9.92. The molecule has 0 amide bonds. The molecule has 0 aliphatic heterocycles. The summed E-state index contributed by atoms with van der Waals surface area (Å²) in [5.74, 6) is 0. The third kappa shape index (κ3) is 4.24. The summed E-state index contributed by atoms with van der Waals surface area (Å²) in [7, 11) is -4.14. The normalized spacial score (nSPS) is 12.2. The number of nitro benzene ring substituents is 1. The molecule has 0 aliphatic carbocycles. The van der Waals surface area contributed by atoms with Gasteiger partial charge >= 0.3 is 6.18 Å². The number of nitrogens with two attached hydrogens (primary N) is 1. The van der Waals surface area contributed by atoms with Gasteiger partial charge in [0.25, 0.3) is 5.69 Å². The highest BCUT2D eigenvalue weighted by Gasteiger charge is 2.30. The second kappa shape index (κ2) is 6.42. The third-order valence-corrected chi connectivity index (χ3v) is 4.81. The van der Waals surface area contributed by atoms with Crippen LogP contribution < -0.4 is 5.14 Å². The predicted octanol–water partition coefficient (Wildman–Crippen LogP) is 3.41. The van der Waals surface area contributed by atoms with E-state index < -0.39 is 37.3 Å². The first-order valence-corrected chi connectivity index (χ1v) is 8.51. The largest absolute Gasteiger partial charge is 0.416 e. The molecule has 0 bridgehead atoms. The topological polar surface area (TPSA) is 103 Å². The minimum Gasteiger partial charge on any atom is -0.258 e. The Morgan fingerprint density at radius 1 is 1.12 bits per heavy atom. The Morgan fingerprint density at radius 2 is 1.79 bits per heavy atom. The van der Waals surface area contributed by atoms with E-state index in [1.54, 1.807) is 0 Å². The maximum absolute atomic E-state index is 12.7. The monoisotopic (exact) mass is 378 g/mol. The van der Waals surface area contributed by atoms with Crippen molar-refractivity contribution in [3.63, 3.8) is 0 Å². The molecular weight excluding hydrogens is 369 g/mol. The summed E-state index contributed by atoms with van der Waals surface area (Å²) < 4.78 is 60.6. The van der Waals surface area contributed by atoms with Crippen LogP contribution in [0.5, 0.6) is 0 Å². The predicted molar refractivity (Wildman–Crippen MR) is 80.0 cm³/mol. The highest BCUT2D eigenvalue weighted by atomic mass is 32.2. The molecule has 11 heteroatoms. The average Bonchev–Trinajstić information content (AvgIpc) is 2.45. The van der Waals surface area contributed by atoms with E-state index in [9.17, 15) is 31.7 Å². The molecule has 2 N–H and O–H groups in total. The summed E-state index contributed by atoms with van der Waals surface area (Å²) in [5.41, 5.74) is -1.46. The van der Waals surface area contributed by atoms with E-state index in [2.05, 4.69) is 0 Å². The van der Waals surface area contributed by atoms with E-state index in [1.165, 1.54) is 12.1 Å². The van der Waals surface area contributed by atoms with Crippen LogP contribution in [0, 0.1) is 10.1 Å². The third-order valence-electron chi connectivity index (χ3n) is 2.84. The zero-order valence-corrected chi connectivity index (χ0v) is 13.3. The molecule has 0 radical (unpaired) electrons. The lowest BCUT2D eigenvalue weighted by atomic mass is 10.2. The molecule has 24 heavy (non-hydrogen) atoms. The zero-order chi connectivity index (χ0) is 18.1. The number of primary sulfonamides is 1. The quantitative estimate of drug-likeness (QED) is 0.649. The lowest BCUT2D eigenvalue weighted by molar-refractivity contribution is -0.388. The van der Waals surface area contributed by atoms with Gasteiger partial charge < -0.3 is 0 Å². The van der Waals surface area contributed by atoms with Crippen molar-refractivity contribution in [2.24, 2.45) is 5.14 Å². The number of halogens is 3. The van der Waals surface area contributed by atoms with Gasteiger partial charge in [0.2, 0.25) is 10.0 Å². The van der Waals surface area contributed by atoms with Gasteiger partial charge in [-0.1, -0.05) is 17.8 Å². The van der Waals surface area contributed by atoms with Crippen molar-refractivity contribution < 1.29 is 26.5 Å². The van der Waals surface area contributed by atoms with Crippen molar-refractivity contribution >= 4 is 27.5 Å². The molecule has 0 atom stereocenters. The number of hydrogen-bond acceptors (Lipinski definition) is 5. The maximum Gasteiger partial charge on any atom is 0.416 e. The summed E-state index contributed by atoms with van der Waals surface area (Å²) in [5, 5.41) is 16.0. The summed E-state index contributed by atoms with van der Waals surface area (Å²) in [6, 6.07) is 7.21. The van der Waals surface area contributed by atoms with Gasteiger partial charge in [-0.05, 0) is 30.3 Å². The van der Waals surface area contributed by atoms with Crippen molar-refractivity contribution in [3.05, 3.63) is 58.1 Å². The number of nitro groups is 1. The first-order chi connectivity index (χ1) is 11.0. The molecule has 0 spiro atoms. The number of alkyl halides is 3. The number of hydrogen-bond donors (Lipinski definition) is 1. The van der Waals surface area contributed by atoms with Crippen LogP contribution >= 0.6 is 11.8 Å². The van der Waals surface area contributed by atoms with Crippen molar-refractivity contribution in [1.82, 2.24) is 0 Å². The van der Waals surface area contributed by atoms with Crippen LogP contribution in [0.4, 0.5) is 18.9 Å². The number of sulfonamides is 1. The molecule has 2 aromatic carbocycles. The average molecular weight is 378 g/mol. The Bertz CT molecular complexity index is 898. The van der Waals surface area contributed by atoms with Crippen LogP contribution in [0.1, 0.15) is 5.56 Å². The van der Waals surface area contributed by atoms with Crippen LogP contribution in [0.3, 0.4) is 0 Å². The first kappa shape index (κ1) is 18.2. The van der Waals surface area contributed by atoms with Crippen molar-refractivity contribution in [1.29, 1.82) is 0 Å². The van der Waals surface area contributed by atoms with E-state index >= 15 is 0 Å². The molecule has 2 aromatic rings. The van der Waals surface area contributed by atoms with Crippen LogP contribution in [-0.4, -0.2) is 13.3 Å². The van der Waals surface area contributed by atoms with Crippen molar-refractivity contribution in [3.8, 4) is 0 Å². The van der Waals surface area contributed by atoms with Gasteiger partial charge in [0.05, 0.1) is 20.3 Å². The van der Waals surface area contributed by atoms with Crippen LogP contribution in [0.2, 0.25) is 0 Å². The van der Waals surface area contributed by atoms with E-state index in [-0.39, 0.29) is 9.79 Å². The van der Waals surface area contributed by atoms with Gasteiger partial charge in [-0.25, -0.2) is 13.6 Å². The lowest BCUT2D eigenvalue weighted by Gasteiger charge is -2.09. The van der Waals surface area contributed by atoms with Crippen molar-refractivity contribution in [2.45, 2.75) is 20.9 Å². The SMILES string of the molecule is NS(=O)(=O)c1ccc(Sc2cccc(C(F)(F)F)c2)c([N+](=O)[O-])c1. The minimum absolute atomic E-state index is 0.00766. The lowest BCUT2D eigenvalue weighted by Crippen LogP contribution is -2.12. The minimum atomic E-state index is -4.54. The van der Waals surface area contributed by atoms with E-state index in [4.69, 9.17) is 5.14 Å². The second-order valence-electron chi connectivity index (χ2n) is 4.56. The summed E-state index contributed by atoms with van der Waals surface area (Å²) in [6.07, 6.45) is -4.54. The molecule has 0 aliphatic rings. The Balaban J connectivity index is 2.45. The Hall–Kier alpha value is -2.11. The van der Waals surface area contributed by atoms with Crippen LogP contribution in [0.15, 0.2) is 57.2 Å². The molecule has 128 valence electrons. The van der Waals surface area contributed by atoms with Crippen molar-refractivity contribution in [2.75, 3.05) is 0 Å². The molecule has 6 nitrogen and oxygen atoms in total. The fourth-order valence-corrected chi connectivity index (χ4v) is 3.26. The molecular formula is C13H9F3N2O4S2. The Labute approximate surface area is 138 Å². The number of benzene rings is 2. The summed E-state index contributed by atoms with van der Waals surface area (Å²) >= 11 is 0.715. The second-order valence-corrected chi connectivity index (χ2v) is 7.24. The Kier molecular flexibility index (Phi) is 4.87. The molecule has 0 aromatic heterocycles. The molecule has 2 rings (SSSR count). The van der Waals surface area contributed by atoms with E-state index in [0.29, 0.717) is 11.8 Å². The molecule has 0 saturated carbocycles. The van der Waals surface area contributed by atoms with Gasteiger partial charge in [0.1, 0.15) is 0 Å². The molecule has 0 saturated heterocycles. The van der Waals surface area contributed by atoms with Gasteiger partial charge in [0, 0.05) is 11.0 Å². The smallest absolute Gasteiger partial charge is 0.258 e. The Morgan fingerprint density at radius 3 is 2.33 bits per heavy atom. The maximum atomic E-state index is 12.7.